The topological polar surface area (TPSA) is 49.6 Å². The van der Waals surface area contributed by atoms with Crippen molar-refractivity contribution in [2.75, 3.05) is 31.3 Å². The minimum Gasteiger partial charge on any atom is -0.399 e. The molecule has 0 aliphatic carbocycles. The molecule has 1 saturated heterocycles. The number of carbonyl (C=O) groups excluding carboxylic acids is 1. The van der Waals surface area contributed by atoms with Crippen LogP contribution in [0.4, 0.5) is 11.4 Å². The summed E-state index contributed by atoms with van der Waals surface area (Å²) in [6.45, 7) is 5.50. The monoisotopic (exact) mass is 275 g/mol. The van der Waals surface area contributed by atoms with Crippen LogP contribution in [0.1, 0.15) is 37.0 Å². The van der Waals surface area contributed by atoms with E-state index >= 15 is 0 Å². The molecule has 0 radical (unpaired) electrons. The fraction of sp³-hybridized carbons (Fsp3) is 0.562. The lowest BCUT2D eigenvalue weighted by Crippen LogP contribution is -2.41. The van der Waals surface area contributed by atoms with Gasteiger partial charge < -0.3 is 15.5 Å². The molecule has 2 atom stereocenters. The van der Waals surface area contributed by atoms with Crippen molar-refractivity contribution in [2.45, 2.75) is 32.7 Å². The van der Waals surface area contributed by atoms with Gasteiger partial charge in [0.2, 0.25) is 0 Å². The molecule has 1 aliphatic heterocycles. The molecule has 2 N–H and O–H groups in total. The first-order valence-electron chi connectivity index (χ1n) is 7.28. The van der Waals surface area contributed by atoms with Crippen molar-refractivity contribution in [3.63, 3.8) is 0 Å². The highest BCUT2D eigenvalue weighted by Gasteiger charge is 2.26. The summed E-state index contributed by atoms with van der Waals surface area (Å²) in [4.78, 5) is 16.3. The Balaban J connectivity index is 2.39. The highest BCUT2D eigenvalue weighted by atomic mass is 16.2. The molecule has 2 unspecified atom stereocenters. The van der Waals surface area contributed by atoms with Crippen LogP contribution >= 0.6 is 0 Å². The zero-order valence-electron chi connectivity index (χ0n) is 12.9. The summed E-state index contributed by atoms with van der Waals surface area (Å²) >= 11 is 0. The zero-order chi connectivity index (χ0) is 14.9. The Morgan fingerprint density at radius 1 is 1.35 bits per heavy atom. The van der Waals surface area contributed by atoms with Crippen LogP contribution in [0.5, 0.6) is 0 Å². The van der Waals surface area contributed by atoms with Gasteiger partial charge >= 0.3 is 0 Å². The van der Waals surface area contributed by atoms with Crippen molar-refractivity contribution in [1.82, 2.24) is 4.90 Å². The molecule has 1 fully saturated rings. The Bertz CT molecular complexity index is 498. The van der Waals surface area contributed by atoms with E-state index in [1.54, 1.807) is 25.1 Å². The molecule has 2 rings (SSSR count). The number of hydrogen-bond acceptors (Lipinski definition) is 3. The molecule has 1 aromatic carbocycles. The Morgan fingerprint density at radius 3 is 2.65 bits per heavy atom. The molecule has 0 spiro atoms. The Hall–Kier alpha value is -1.71. The number of rotatable bonds is 2. The zero-order valence-corrected chi connectivity index (χ0v) is 12.9. The van der Waals surface area contributed by atoms with E-state index < -0.39 is 0 Å². The van der Waals surface area contributed by atoms with Crippen molar-refractivity contribution < 1.29 is 4.79 Å². The van der Waals surface area contributed by atoms with Gasteiger partial charge in [0.05, 0.1) is 11.3 Å². The molecule has 1 heterocycles. The fourth-order valence-electron chi connectivity index (χ4n) is 2.97. The molecule has 110 valence electrons. The van der Waals surface area contributed by atoms with Crippen LogP contribution in [-0.4, -0.2) is 37.5 Å². The molecule has 0 aromatic heterocycles. The van der Waals surface area contributed by atoms with E-state index in [4.69, 9.17) is 5.73 Å². The van der Waals surface area contributed by atoms with Gasteiger partial charge in [0.1, 0.15) is 0 Å². The largest absolute Gasteiger partial charge is 0.399 e. The number of hydrogen-bond donors (Lipinski definition) is 1. The molecule has 1 aliphatic rings. The standard InChI is InChI=1S/C16H25N3O/c1-11-7-8-19(12(2)9-11)15-10-13(17)5-6-14(15)16(20)18(3)4/h5-6,10-12H,7-9,17H2,1-4H3. The summed E-state index contributed by atoms with van der Waals surface area (Å²) in [6.07, 6.45) is 2.32. The van der Waals surface area contributed by atoms with Crippen LogP contribution in [0, 0.1) is 5.92 Å². The minimum atomic E-state index is 0.0332. The summed E-state index contributed by atoms with van der Waals surface area (Å²) in [6, 6.07) is 6.02. The first-order valence-corrected chi connectivity index (χ1v) is 7.28. The normalized spacial score (nSPS) is 22.7. The SMILES string of the molecule is CC1CCN(c2cc(N)ccc2C(=O)N(C)C)C(C)C1. The van der Waals surface area contributed by atoms with Gasteiger partial charge in [-0.3, -0.25) is 4.79 Å². The van der Waals surface area contributed by atoms with Crippen molar-refractivity contribution in [2.24, 2.45) is 5.92 Å². The van der Waals surface area contributed by atoms with Gasteiger partial charge in [-0.05, 0) is 43.9 Å². The number of nitrogen functional groups attached to an aromatic ring is 1. The summed E-state index contributed by atoms with van der Waals surface area (Å²) in [5, 5.41) is 0. The first kappa shape index (κ1) is 14.7. The third kappa shape index (κ3) is 2.89. The van der Waals surface area contributed by atoms with Crippen LogP contribution in [-0.2, 0) is 0 Å². The average Bonchev–Trinajstić information content (AvgIpc) is 2.37. The highest BCUT2D eigenvalue weighted by molar-refractivity contribution is 6.00. The number of nitrogens with two attached hydrogens (primary N) is 1. The Labute approximate surface area is 121 Å². The predicted molar refractivity (Wildman–Crippen MR) is 84.1 cm³/mol. The van der Waals surface area contributed by atoms with Crippen LogP contribution < -0.4 is 10.6 Å². The van der Waals surface area contributed by atoms with Crippen LogP contribution in [0.3, 0.4) is 0 Å². The van der Waals surface area contributed by atoms with E-state index in [1.807, 2.05) is 12.1 Å². The lowest BCUT2D eigenvalue weighted by Gasteiger charge is -2.39. The van der Waals surface area contributed by atoms with Gasteiger partial charge in [-0.2, -0.15) is 0 Å². The van der Waals surface area contributed by atoms with Crippen LogP contribution in [0.15, 0.2) is 18.2 Å². The number of piperidine rings is 1. The van der Waals surface area contributed by atoms with Gasteiger partial charge in [-0.25, -0.2) is 0 Å². The predicted octanol–water partition coefficient (Wildman–Crippen LogP) is 2.60. The molecular formula is C16H25N3O. The number of carbonyl (C=O) groups is 1. The second kappa shape index (κ2) is 5.73. The molecule has 0 bridgehead atoms. The van der Waals surface area contributed by atoms with Crippen molar-refractivity contribution >= 4 is 17.3 Å². The molecule has 20 heavy (non-hydrogen) atoms. The smallest absolute Gasteiger partial charge is 0.255 e. The Morgan fingerprint density at radius 2 is 2.05 bits per heavy atom. The summed E-state index contributed by atoms with van der Waals surface area (Å²) < 4.78 is 0. The van der Waals surface area contributed by atoms with Gasteiger partial charge in [0.25, 0.3) is 5.91 Å². The van der Waals surface area contributed by atoms with Gasteiger partial charge in [-0.1, -0.05) is 6.92 Å². The van der Waals surface area contributed by atoms with E-state index in [9.17, 15) is 4.79 Å². The summed E-state index contributed by atoms with van der Waals surface area (Å²) in [5.74, 6) is 0.779. The van der Waals surface area contributed by atoms with E-state index in [-0.39, 0.29) is 5.91 Å². The van der Waals surface area contributed by atoms with Crippen molar-refractivity contribution in [3.05, 3.63) is 23.8 Å². The molecule has 1 amide bonds. The number of amides is 1. The van der Waals surface area contributed by atoms with Crippen LogP contribution in [0.2, 0.25) is 0 Å². The first-order chi connectivity index (χ1) is 9.40. The number of benzene rings is 1. The van der Waals surface area contributed by atoms with E-state index in [0.717, 1.165) is 36.6 Å². The third-order valence-corrected chi connectivity index (χ3v) is 4.11. The Kier molecular flexibility index (Phi) is 4.21. The maximum absolute atomic E-state index is 12.3. The summed E-state index contributed by atoms with van der Waals surface area (Å²) in [7, 11) is 3.56. The van der Waals surface area contributed by atoms with E-state index in [0.29, 0.717) is 11.7 Å². The quantitative estimate of drug-likeness (QED) is 0.844. The second-order valence-electron chi connectivity index (χ2n) is 6.15. The molecular weight excluding hydrogens is 250 g/mol. The van der Waals surface area contributed by atoms with Crippen LogP contribution in [0.25, 0.3) is 0 Å². The third-order valence-electron chi connectivity index (χ3n) is 4.11. The molecule has 0 saturated carbocycles. The number of anilines is 2. The van der Waals surface area contributed by atoms with Crippen molar-refractivity contribution in [1.29, 1.82) is 0 Å². The molecule has 4 nitrogen and oxygen atoms in total. The highest BCUT2D eigenvalue weighted by Crippen LogP contribution is 2.32. The second-order valence-corrected chi connectivity index (χ2v) is 6.15. The summed E-state index contributed by atoms with van der Waals surface area (Å²) in [5.41, 5.74) is 8.36. The fourth-order valence-corrected chi connectivity index (χ4v) is 2.97. The van der Waals surface area contributed by atoms with E-state index in [2.05, 4.69) is 18.7 Å². The van der Waals surface area contributed by atoms with Gasteiger partial charge in [0, 0.05) is 32.4 Å². The van der Waals surface area contributed by atoms with Crippen molar-refractivity contribution in [3.8, 4) is 0 Å². The lowest BCUT2D eigenvalue weighted by molar-refractivity contribution is 0.0828. The molecule has 1 aromatic rings. The molecule has 4 heteroatoms. The maximum atomic E-state index is 12.3. The average molecular weight is 275 g/mol. The van der Waals surface area contributed by atoms with Gasteiger partial charge in [0.15, 0.2) is 0 Å². The van der Waals surface area contributed by atoms with Gasteiger partial charge in [-0.15, -0.1) is 0 Å². The lowest BCUT2D eigenvalue weighted by atomic mass is 9.92. The van der Waals surface area contributed by atoms with E-state index in [1.165, 1.54) is 0 Å². The maximum Gasteiger partial charge on any atom is 0.255 e. The number of nitrogens with zero attached hydrogens (tertiary/aromatic N) is 2. The minimum absolute atomic E-state index is 0.0332.